The van der Waals surface area contributed by atoms with Gasteiger partial charge in [-0.2, -0.15) is 5.10 Å². The number of halogens is 2. The van der Waals surface area contributed by atoms with Crippen molar-refractivity contribution in [2.45, 2.75) is 52.7 Å². The summed E-state index contributed by atoms with van der Waals surface area (Å²) in [5.74, 6) is 1.72. The second-order valence-corrected chi connectivity index (χ2v) is 8.39. The van der Waals surface area contributed by atoms with E-state index in [1.54, 1.807) is 6.20 Å². The molecular weight excluding hydrogens is 435 g/mol. The van der Waals surface area contributed by atoms with Gasteiger partial charge in [0.15, 0.2) is 0 Å². The highest BCUT2D eigenvalue weighted by Gasteiger charge is 2.31. The van der Waals surface area contributed by atoms with Gasteiger partial charge in [-0.25, -0.2) is 4.98 Å². The first kappa shape index (κ1) is 23.6. The van der Waals surface area contributed by atoms with E-state index in [9.17, 15) is 4.79 Å². The van der Waals surface area contributed by atoms with Crippen LogP contribution in [0.2, 0.25) is 0 Å². The first-order valence-corrected chi connectivity index (χ1v) is 10.6. The number of piperidine rings is 1. The normalized spacial score (nSPS) is 19.3. The van der Waals surface area contributed by atoms with Crippen LogP contribution in [-0.4, -0.2) is 37.0 Å². The van der Waals surface area contributed by atoms with Gasteiger partial charge in [-0.3, -0.25) is 9.48 Å². The molecule has 31 heavy (non-hydrogen) atoms. The summed E-state index contributed by atoms with van der Waals surface area (Å²) >= 11 is 0. The Kier molecular flexibility index (Phi) is 6.98. The molecule has 0 spiro atoms. The maximum absolute atomic E-state index is 13.4. The summed E-state index contributed by atoms with van der Waals surface area (Å²) in [6.45, 7) is 10.5. The van der Waals surface area contributed by atoms with Crippen LogP contribution < -0.4 is 10.9 Å². The SMILES string of the molecule is CCn1nc(C)c(Cn2ccnc2-c2ccc3n(c2=O)C[C@@H]2CNC[C@H]3C2)c1C.Cl.Cl. The third-order valence-corrected chi connectivity index (χ3v) is 6.62. The smallest absolute Gasteiger partial charge is 0.261 e. The molecule has 2 aliphatic rings. The fourth-order valence-corrected chi connectivity index (χ4v) is 5.08. The maximum Gasteiger partial charge on any atom is 0.261 e. The topological polar surface area (TPSA) is 69.7 Å². The highest BCUT2D eigenvalue weighted by atomic mass is 35.5. The number of nitrogens with zero attached hydrogens (tertiary/aromatic N) is 5. The van der Waals surface area contributed by atoms with E-state index in [1.165, 1.54) is 17.7 Å². The number of fused-ring (bicyclic) bond motifs is 4. The molecule has 0 saturated carbocycles. The molecule has 1 saturated heterocycles. The van der Waals surface area contributed by atoms with Crippen LogP contribution >= 0.6 is 24.8 Å². The van der Waals surface area contributed by atoms with Gasteiger partial charge >= 0.3 is 0 Å². The molecule has 2 aliphatic heterocycles. The first-order valence-electron chi connectivity index (χ1n) is 10.6. The fraction of sp³-hybridized carbons (Fsp3) is 0.500. The van der Waals surface area contributed by atoms with Gasteiger partial charge in [-0.1, -0.05) is 0 Å². The van der Waals surface area contributed by atoms with E-state index in [0.29, 0.717) is 23.9 Å². The monoisotopic (exact) mass is 464 g/mol. The minimum absolute atomic E-state index is 0. The van der Waals surface area contributed by atoms with Crippen LogP contribution in [0.5, 0.6) is 0 Å². The zero-order valence-electron chi connectivity index (χ0n) is 18.2. The van der Waals surface area contributed by atoms with Crippen LogP contribution in [0.4, 0.5) is 0 Å². The third kappa shape index (κ3) is 3.95. The van der Waals surface area contributed by atoms with Crippen LogP contribution in [0, 0.1) is 19.8 Å². The number of aryl methyl sites for hydroxylation is 2. The molecule has 5 heterocycles. The Balaban J connectivity index is 0.00000136. The summed E-state index contributed by atoms with van der Waals surface area (Å²) < 4.78 is 6.10. The number of nitrogens with one attached hydrogen (secondary N) is 1. The molecule has 1 fully saturated rings. The summed E-state index contributed by atoms with van der Waals surface area (Å²) in [7, 11) is 0. The van der Waals surface area contributed by atoms with Gasteiger partial charge in [-0.15, -0.1) is 24.8 Å². The molecule has 0 unspecified atom stereocenters. The van der Waals surface area contributed by atoms with Crippen LogP contribution in [-0.2, 0) is 19.6 Å². The zero-order valence-corrected chi connectivity index (χ0v) is 19.8. The van der Waals surface area contributed by atoms with Crippen molar-refractivity contribution >= 4 is 24.8 Å². The Labute approximate surface area is 194 Å². The largest absolute Gasteiger partial charge is 0.326 e. The molecule has 3 aromatic heterocycles. The van der Waals surface area contributed by atoms with Gasteiger partial charge in [-0.05, 0) is 51.8 Å². The van der Waals surface area contributed by atoms with E-state index in [0.717, 1.165) is 43.4 Å². The Morgan fingerprint density at radius 1 is 1.19 bits per heavy atom. The van der Waals surface area contributed by atoms with Gasteiger partial charge in [0.25, 0.3) is 5.56 Å². The molecule has 9 heteroatoms. The molecule has 2 atom stereocenters. The summed E-state index contributed by atoms with van der Waals surface area (Å²) in [5, 5.41) is 8.13. The highest BCUT2D eigenvalue weighted by molar-refractivity contribution is 5.85. The van der Waals surface area contributed by atoms with E-state index in [4.69, 9.17) is 0 Å². The minimum Gasteiger partial charge on any atom is -0.326 e. The molecular formula is C22H30Cl2N6O. The van der Waals surface area contributed by atoms with Crippen LogP contribution in [0.3, 0.4) is 0 Å². The third-order valence-electron chi connectivity index (χ3n) is 6.62. The van der Waals surface area contributed by atoms with Gasteiger partial charge in [0, 0.05) is 54.9 Å². The number of pyridine rings is 1. The second kappa shape index (κ2) is 9.18. The predicted molar refractivity (Wildman–Crippen MR) is 127 cm³/mol. The fourth-order valence-electron chi connectivity index (χ4n) is 5.08. The van der Waals surface area contributed by atoms with Crippen molar-refractivity contribution in [3.05, 3.63) is 57.5 Å². The van der Waals surface area contributed by atoms with E-state index in [1.807, 2.05) is 28.4 Å². The summed E-state index contributed by atoms with van der Waals surface area (Å²) in [4.78, 5) is 18.0. The van der Waals surface area contributed by atoms with Crippen molar-refractivity contribution in [3.63, 3.8) is 0 Å². The Morgan fingerprint density at radius 2 is 2.00 bits per heavy atom. The molecule has 1 N–H and O–H groups in total. The molecule has 0 aliphatic carbocycles. The predicted octanol–water partition coefficient (Wildman–Crippen LogP) is 3.14. The molecule has 3 aromatic rings. The average Bonchev–Trinajstić information content (AvgIpc) is 3.29. The van der Waals surface area contributed by atoms with Gasteiger partial charge in [0.1, 0.15) is 5.82 Å². The van der Waals surface area contributed by atoms with E-state index in [2.05, 4.69) is 39.9 Å². The lowest BCUT2D eigenvalue weighted by Crippen LogP contribution is -2.45. The van der Waals surface area contributed by atoms with Crippen molar-refractivity contribution in [3.8, 4) is 11.4 Å². The lowest BCUT2D eigenvalue weighted by atomic mass is 9.84. The molecule has 0 radical (unpaired) electrons. The van der Waals surface area contributed by atoms with Gasteiger partial charge in [0.05, 0.1) is 17.8 Å². The summed E-state index contributed by atoms with van der Waals surface area (Å²) in [6, 6.07) is 4.10. The standard InChI is InChI=1S/C22H28N6O.2ClH/c1-4-28-15(3)19(14(2)25-28)13-26-8-7-24-21(26)18-5-6-20-17-9-16(10-23-11-17)12-27(20)22(18)29;;/h5-8,16-17,23H,4,9-13H2,1-3H3;2*1H/t16-,17+;;/m0../s1. The van der Waals surface area contributed by atoms with Crippen LogP contribution in [0.25, 0.3) is 11.4 Å². The quantitative estimate of drug-likeness (QED) is 0.643. The molecule has 0 aromatic carbocycles. The van der Waals surface area contributed by atoms with E-state index in [-0.39, 0.29) is 30.4 Å². The van der Waals surface area contributed by atoms with E-state index < -0.39 is 0 Å². The first-order chi connectivity index (χ1) is 14.1. The molecule has 7 nitrogen and oxygen atoms in total. The number of aromatic nitrogens is 5. The second-order valence-electron chi connectivity index (χ2n) is 8.39. The molecule has 2 bridgehead atoms. The van der Waals surface area contributed by atoms with E-state index >= 15 is 0 Å². The molecule has 168 valence electrons. The number of hydrogen-bond donors (Lipinski definition) is 1. The Bertz CT molecular complexity index is 1130. The van der Waals surface area contributed by atoms with Gasteiger partial charge < -0.3 is 14.5 Å². The van der Waals surface area contributed by atoms with Crippen molar-refractivity contribution in [2.24, 2.45) is 5.92 Å². The van der Waals surface area contributed by atoms with Gasteiger partial charge in [0.2, 0.25) is 0 Å². The number of imidazole rings is 1. The Hall–Kier alpha value is -2.09. The Morgan fingerprint density at radius 3 is 2.74 bits per heavy atom. The lowest BCUT2D eigenvalue weighted by molar-refractivity contribution is 0.257. The van der Waals surface area contributed by atoms with Crippen molar-refractivity contribution in [1.29, 1.82) is 0 Å². The van der Waals surface area contributed by atoms with Crippen molar-refractivity contribution < 1.29 is 0 Å². The summed E-state index contributed by atoms with van der Waals surface area (Å²) in [6.07, 6.45) is 4.92. The maximum atomic E-state index is 13.4. The van der Waals surface area contributed by atoms with Crippen LogP contribution in [0.15, 0.2) is 29.3 Å². The minimum atomic E-state index is 0. The van der Waals surface area contributed by atoms with Crippen molar-refractivity contribution in [1.82, 2.24) is 29.2 Å². The summed E-state index contributed by atoms with van der Waals surface area (Å²) in [5.41, 5.74) is 5.34. The number of hydrogen-bond acceptors (Lipinski definition) is 4. The zero-order chi connectivity index (χ0) is 20.1. The average molecular weight is 465 g/mol. The lowest BCUT2D eigenvalue weighted by Gasteiger charge is -2.37. The van der Waals surface area contributed by atoms with Crippen molar-refractivity contribution in [2.75, 3.05) is 13.1 Å². The van der Waals surface area contributed by atoms with Crippen LogP contribution in [0.1, 0.15) is 41.9 Å². The molecule has 0 amide bonds. The highest BCUT2D eigenvalue weighted by Crippen LogP contribution is 2.32. The number of rotatable bonds is 4. The molecule has 5 rings (SSSR count).